The van der Waals surface area contributed by atoms with Gasteiger partial charge in [0.2, 0.25) is 0 Å². The maximum atomic E-state index is 12.3. The Morgan fingerprint density at radius 2 is 2.00 bits per heavy atom. The van der Waals surface area contributed by atoms with Crippen LogP contribution in [0.25, 0.3) is 11.1 Å². The molecule has 1 N–H and O–H groups in total. The first-order valence-electron chi connectivity index (χ1n) is 7.29. The molecule has 22 heavy (non-hydrogen) atoms. The van der Waals surface area contributed by atoms with E-state index in [1.807, 2.05) is 6.92 Å². The van der Waals surface area contributed by atoms with Gasteiger partial charge in [0, 0.05) is 49.1 Å². The van der Waals surface area contributed by atoms with E-state index in [9.17, 15) is 4.79 Å². The molecule has 1 atom stereocenters. The van der Waals surface area contributed by atoms with Crippen molar-refractivity contribution in [2.24, 2.45) is 0 Å². The van der Waals surface area contributed by atoms with Gasteiger partial charge in [0.05, 0.1) is 11.2 Å². The van der Waals surface area contributed by atoms with E-state index >= 15 is 0 Å². The topological polar surface area (TPSA) is 77.0 Å². The van der Waals surface area contributed by atoms with Crippen LogP contribution in [0.5, 0.6) is 0 Å². The van der Waals surface area contributed by atoms with Gasteiger partial charge in [-0.3, -0.25) is 9.78 Å². The average molecular weight is 298 g/mol. The van der Waals surface area contributed by atoms with Crippen molar-refractivity contribution < 1.29 is 9.53 Å². The fourth-order valence-electron chi connectivity index (χ4n) is 2.52. The van der Waals surface area contributed by atoms with Crippen molar-refractivity contribution in [2.75, 3.05) is 13.2 Å². The van der Waals surface area contributed by atoms with Gasteiger partial charge >= 0.3 is 0 Å². The summed E-state index contributed by atoms with van der Waals surface area (Å²) in [5.74, 6) is -0.150. The highest BCUT2D eigenvalue weighted by Gasteiger charge is 2.30. The van der Waals surface area contributed by atoms with Gasteiger partial charge in [-0.1, -0.05) is 0 Å². The lowest BCUT2D eigenvalue weighted by Gasteiger charge is -2.23. The second kappa shape index (κ2) is 6.19. The summed E-state index contributed by atoms with van der Waals surface area (Å²) in [7, 11) is 0. The van der Waals surface area contributed by atoms with Crippen molar-refractivity contribution in [3.63, 3.8) is 0 Å². The smallest absolute Gasteiger partial charge is 0.252 e. The molecule has 114 valence electrons. The minimum Gasteiger partial charge on any atom is -0.373 e. The van der Waals surface area contributed by atoms with Crippen LogP contribution in [0.1, 0.15) is 30.1 Å². The first-order valence-corrected chi connectivity index (χ1v) is 7.29. The maximum Gasteiger partial charge on any atom is 0.252 e. The van der Waals surface area contributed by atoms with Crippen LogP contribution in [0.15, 0.2) is 37.2 Å². The molecule has 1 aliphatic heterocycles. The van der Waals surface area contributed by atoms with E-state index in [1.54, 1.807) is 30.9 Å². The normalized spacial score (nSPS) is 20.8. The number of rotatable bonds is 4. The van der Waals surface area contributed by atoms with Crippen molar-refractivity contribution in [3.8, 4) is 11.1 Å². The molecule has 1 saturated heterocycles. The summed E-state index contributed by atoms with van der Waals surface area (Å²) in [4.78, 5) is 24.4. The van der Waals surface area contributed by atoms with Gasteiger partial charge in [-0.2, -0.15) is 0 Å². The van der Waals surface area contributed by atoms with E-state index < -0.39 is 0 Å². The average Bonchev–Trinajstić information content (AvgIpc) is 3.01. The molecule has 6 heteroatoms. The summed E-state index contributed by atoms with van der Waals surface area (Å²) in [6.45, 7) is 3.29. The summed E-state index contributed by atoms with van der Waals surface area (Å²) in [5.41, 5.74) is 1.91. The van der Waals surface area contributed by atoms with E-state index in [4.69, 9.17) is 4.74 Å². The number of carbonyl (C=O) groups is 1. The number of hydrogen-bond acceptors (Lipinski definition) is 5. The Hall–Kier alpha value is -2.34. The third kappa shape index (κ3) is 3.28. The molecule has 0 bridgehead atoms. The zero-order valence-electron chi connectivity index (χ0n) is 12.5. The Morgan fingerprint density at radius 3 is 2.73 bits per heavy atom. The number of pyridine rings is 1. The minimum absolute atomic E-state index is 0.150. The molecule has 1 aliphatic rings. The molecule has 1 amide bonds. The van der Waals surface area contributed by atoms with Gasteiger partial charge in [-0.05, 0) is 25.8 Å². The highest BCUT2D eigenvalue weighted by Crippen LogP contribution is 2.24. The molecule has 1 fully saturated rings. The van der Waals surface area contributed by atoms with Crippen LogP contribution in [0.2, 0.25) is 0 Å². The van der Waals surface area contributed by atoms with Crippen molar-refractivity contribution in [1.29, 1.82) is 0 Å². The maximum absolute atomic E-state index is 12.3. The van der Waals surface area contributed by atoms with Crippen LogP contribution in [-0.4, -0.2) is 39.6 Å². The van der Waals surface area contributed by atoms with Gasteiger partial charge < -0.3 is 10.1 Å². The monoisotopic (exact) mass is 298 g/mol. The van der Waals surface area contributed by atoms with Crippen molar-refractivity contribution >= 4 is 5.91 Å². The number of nitrogens with one attached hydrogen (secondary N) is 1. The quantitative estimate of drug-likeness (QED) is 0.932. The molecule has 3 heterocycles. The standard InChI is InChI=1S/C16H18N4O2/c1-16(3-2-4-22-16)10-20-15(21)13-5-12(6-17-7-13)14-8-18-11-19-9-14/h5-9,11H,2-4,10H2,1H3,(H,20,21). The number of amides is 1. The molecular weight excluding hydrogens is 280 g/mol. The summed E-state index contributed by atoms with van der Waals surface area (Å²) in [6, 6.07) is 1.79. The fraction of sp³-hybridized carbons (Fsp3) is 0.375. The Bertz CT molecular complexity index is 654. The molecule has 0 saturated carbocycles. The molecule has 2 aromatic rings. The van der Waals surface area contributed by atoms with E-state index in [0.29, 0.717) is 12.1 Å². The van der Waals surface area contributed by atoms with E-state index in [-0.39, 0.29) is 11.5 Å². The Kier molecular flexibility index (Phi) is 4.11. The zero-order chi connectivity index (χ0) is 15.4. The zero-order valence-corrected chi connectivity index (χ0v) is 12.5. The molecule has 3 rings (SSSR count). The lowest BCUT2D eigenvalue weighted by Crippen LogP contribution is -2.40. The molecule has 0 aliphatic carbocycles. The lowest BCUT2D eigenvalue weighted by atomic mass is 10.0. The summed E-state index contributed by atoms with van der Waals surface area (Å²) in [6.07, 6.45) is 10.1. The first-order chi connectivity index (χ1) is 10.7. The SMILES string of the molecule is CC1(CNC(=O)c2cncc(-c3cncnc3)c2)CCCO1. The summed E-state index contributed by atoms with van der Waals surface area (Å²) >= 11 is 0. The lowest BCUT2D eigenvalue weighted by molar-refractivity contribution is 0.0206. The first kappa shape index (κ1) is 14.6. The van der Waals surface area contributed by atoms with E-state index in [1.165, 1.54) is 6.33 Å². The molecule has 0 radical (unpaired) electrons. The minimum atomic E-state index is -0.256. The predicted molar refractivity (Wildman–Crippen MR) is 81.2 cm³/mol. The summed E-state index contributed by atoms with van der Waals surface area (Å²) < 4.78 is 5.67. The fourth-order valence-corrected chi connectivity index (χ4v) is 2.52. The number of hydrogen-bond donors (Lipinski definition) is 1. The van der Waals surface area contributed by atoms with Crippen LogP contribution in [0.4, 0.5) is 0 Å². The summed E-state index contributed by atoms with van der Waals surface area (Å²) in [5, 5.41) is 2.92. The molecule has 2 aromatic heterocycles. The second-order valence-electron chi connectivity index (χ2n) is 5.67. The molecular formula is C16H18N4O2. The Labute approximate surface area is 129 Å². The van der Waals surface area contributed by atoms with Gasteiger partial charge in [0.25, 0.3) is 5.91 Å². The van der Waals surface area contributed by atoms with Crippen LogP contribution in [0.3, 0.4) is 0 Å². The molecule has 1 unspecified atom stereocenters. The third-order valence-corrected chi connectivity index (χ3v) is 3.82. The van der Waals surface area contributed by atoms with Crippen molar-refractivity contribution in [1.82, 2.24) is 20.3 Å². The van der Waals surface area contributed by atoms with Crippen LogP contribution in [0, 0.1) is 0 Å². The highest BCUT2D eigenvalue weighted by atomic mass is 16.5. The number of carbonyl (C=O) groups excluding carboxylic acids is 1. The van der Waals surface area contributed by atoms with E-state index in [0.717, 1.165) is 30.6 Å². The van der Waals surface area contributed by atoms with E-state index in [2.05, 4.69) is 20.3 Å². The Morgan fingerprint density at radius 1 is 1.23 bits per heavy atom. The number of ether oxygens (including phenoxy) is 1. The highest BCUT2D eigenvalue weighted by molar-refractivity contribution is 5.95. The Balaban J connectivity index is 1.70. The van der Waals surface area contributed by atoms with Gasteiger partial charge in [-0.25, -0.2) is 9.97 Å². The third-order valence-electron chi connectivity index (χ3n) is 3.82. The molecule has 0 aromatic carbocycles. The largest absolute Gasteiger partial charge is 0.373 e. The van der Waals surface area contributed by atoms with Crippen molar-refractivity contribution in [3.05, 3.63) is 42.7 Å². The van der Waals surface area contributed by atoms with Crippen LogP contribution >= 0.6 is 0 Å². The number of nitrogens with zero attached hydrogens (tertiary/aromatic N) is 3. The second-order valence-corrected chi connectivity index (χ2v) is 5.67. The molecule has 6 nitrogen and oxygen atoms in total. The predicted octanol–water partition coefficient (Wildman–Crippen LogP) is 1.84. The van der Waals surface area contributed by atoms with Gasteiger partial charge in [-0.15, -0.1) is 0 Å². The van der Waals surface area contributed by atoms with Gasteiger partial charge in [0.15, 0.2) is 0 Å². The van der Waals surface area contributed by atoms with Crippen LogP contribution < -0.4 is 5.32 Å². The number of aromatic nitrogens is 3. The van der Waals surface area contributed by atoms with Crippen LogP contribution in [-0.2, 0) is 4.74 Å². The molecule has 0 spiro atoms. The van der Waals surface area contributed by atoms with Crippen molar-refractivity contribution in [2.45, 2.75) is 25.4 Å². The van der Waals surface area contributed by atoms with Gasteiger partial charge in [0.1, 0.15) is 6.33 Å².